The summed E-state index contributed by atoms with van der Waals surface area (Å²) in [5.74, 6) is 0.208. The Bertz CT molecular complexity index is 1110. The molecule has 5 N–H and O–H groups in total. The molecule has 4 heterocycles. The van der Waals surface area contributed by atoms with E-state index in [-0.39, 0.29) is 22.1 Å². The van der Waals surface area contributed by atoms with Gasteiger partial charge in [0.15, 0.2) is 16.8 Å². The average molecular weight is 513 g/mol. The number of rotatable bonds is 1. The number of hydrogen-bond donors (Lipinski definition) is 3. The third-order valence-electron chi connectivity index (χ3n) is 7.13. The van der Waals surface area contributed by atoms with Gasteiger partial charge in [-0.1, -0.05) is 53.8 Å². The molecular formula is C20H36N6O4SSi2. The van der Waals surface area contributed by atoms with E-state index < -0.39 is 35.5 Å². The number of anilines is 1. The Morgan fingerprint density at radius 1 is 1.15 bits per heavy atom. The summed E-state index contributed by atoms with van der Waals surface area (Å²) in [6.07, 6.45) is 0.355. The number of ether oxygens (including phenoxy) is 1. The summed E-state index contributed by atoms with van der Waals surface area (Å²) in [4.78, 5) is 11.5. The van der Waals surface area contributed by atoms with Crippen LogP contribution in [0.15, 0.2) is 6.33 Å². The smallest absolute Gasteiger partial charge is 0.332 e. The van der Waals surface area contributed by atoms with Crippen LogP contribution >= 0.6 is 12.2 Å². The van der Waals surface area contributed by atoms with Gasteiger partial charge in [0, 0.05) is 10.1 Å². The van der Waals surface area contributed by atoms with E-state index in [1.54, 1.807) is 6.33 Å². The zero-order chi connectivity index (χ0) is 24.6. The average Bonchev–Trinajstić information content (AvgIpc) is 3.19. The number of imidazole rings is 1. The second kappa shape index (κ2) is 7.91. The van der Waals surface area contributed by atoms with Crippen LogP contribution in [0, 0.1) is 4.64 Å². The minimum absolute atomic E-state index is 0.150. The van der Waals surface area contributed by atoms with Crippen LogP contribution in [0.1, 0.15) is 47.8 Å². The molecule has 2 aliphatic heterocycles. The van der Waals surface area contributed by atoms with Gasteiger partial charge in [0.25, 0.3) is 0 Å². The Morgan fingerprint density at radius 3 is 2.39 bits per heavy atom. The fraction of sp³-hybridized carbons (Fsp3) is 0.750. The molecule has 13 heteroatoms. The molecule has 2 fully saturated rings. The first-order valence-corrected chi connectivity index (χ1v) is 16.3. The highest BCUT2D eigenvalue weighted by Gasteiger charge is 2.60. The van der Waals surface area contributed by atoms with Gasteiger partial charge >= 0.3 is 17.1 Å². The third kappa shape index (κ3) is 4.12. The standard InChI is InChI=1S/C20H36N6O4SSi2/c1-19(2,3)32(7)27-9-11-14(29-33(8,30-32)20(4,5)6)12(21)17(28-11)26-10-23-13-15(26)24-18(22)25-16(13)31/h10-12,14,17H,9,21H2,1-8H3,(H3,22,24,25,31)/t11?,12?,14?,17-,32+,33?/m1/s1. The van der Waals surface area contributed by atoms with Gasteiger partial charge < -0.3 is 34.2 Å². The van der Waals surface area contributed by atoms with E-state index in [1.165, 1.54) is 0 Å². The number of aromatic amines is 1. The molecule has 0 aromatic carbocycles. The monoisotopic (exact) mass is 512 g/mol. The molecule has 184 valence electrons. The zero-order valence-electron chi connectivity index (χ0n) is 20.6. The Morgan fingerprint density at radius 2 is 1.79 bits per heavy atom. The first-order valence-electron chi connectivity index (χ1n) is 11.2. The highest BCUT2D eigenvalue weighted by atomic mass is 32.1. The molecule has 4 rings (SSSR count). The fourth-order valence-corrected chi connectivity index (χ4v) is 12.3. The SMILES string of the molecule is CC(C)(C)[Si]1(C)OC2C(CO[Si@](C)(C(C)(C)C)O1)O[C@@H](n1cnc3c(=S)nc(N)[nH]c31)C2N. The van der Waals surface area contributed by atoms with Crippen molar-refractivity contribution in [3.63, 3.8) is 0 Å². The van der Waals surface area contributed by atoms with Crippen molar-refractivity contribution < 1.29 is 17.7 Å². The third-order valence-corrected chi connectivity index (χ3v) is 17.4. The molecule has 0 bridgehead atoms. The number of nitrogens with two attached hydrogens (primary N) is 2. The molecule has 2 aliphatic rings. The molecule has 10 nitrogen and oxygen atoms in total. The van der Waals surface area contributed by atoms with E-state index in [4.69, 9.17) is 41.4 Å². The molecule has 2 aromatic rings. The van der Waals surface area contributed by atoms with Crippen molar-refractivity contribution in [1.29, 1.82) is 0 Å². The van der Waals surface area contributed by atoms with Gasteiger partial charge in [0.05, 0.1) is 25.1 Å². The predicted molar refractivity (Wildman–Crippen MR) is 134 cm³/mol. The summed E-state index contributed by atoms with van der Waals surface area (Å²) in [6.45, 7) is 17.6. The normalized spacial score (nSPS) is 35.9. The highest BCUT2D eigenvalue weighted by molar-refractivity contribution is 7.71. The number of hydrogen-bond acceptors (Lipinski definition) is 9. The summed E-state index contributed by atoms with van der Waals surface area (Å²) in [6, 6.07) is -0.481. The summed E-state index contributed by atoms with van der Waals surface area (Å²) in [7, 11) is -5.42. The fourth-order valence-electron chi connectivity index (χ4n) is 4.07. The maximum absolute atomic E-state index is 6.94. The van der Waals surface area contributed by atoms with Gasteiger partial charge in [0.2, 0.25) is 0 Å². The topological polar surface area (TPSA) is 135 Å². The quantitative estimate of drug-likeness (QED) is 0.387. The van der Waals surface area contributed by atoms with Crippen LogP contribution < -0.4 is 11.5 Å². The minimum Gasteiger partial charge on any atom is -0.414 e. The summed E-state index contributed by atoms with van der Waals surface area (Å²) in [5.41, 5.74) is 13.8. The molecule has 4 unspecified atom stereocenters. The van der Waals surface area contributed by atoms with Crippen LogP contribution in [-0.4, -0.2) is 61.5 Å². The van der Waals surface area contributed by atoms with E-state index in [0.29, 0.717) is 22.4 Å². The highest BCUT2D eigenvalue weighted by Crippen LogP contribution is 2.49. The lowest BCUT2D eigenvalue weighted by Crippen LogP contribution is -2.65. The molecule has 0 spiro atoms. The van der Waals surface area contributed by atoms with E-state index in [2.05, 4.69) is 69.6 Å². The van der Waals surface area contributed by atoms with E-state index >= 15 is 0 Å². The van der Waals surface area contributed by atoms with E-state index in [1.807, 2.05) is 4.57 Å². The molecule has 0 amide bonds. The predicted octanol–water partition coefficient (Wildman–Crippen LogP) is 3.47. The first kappa shape index (κ1) is 24.9. The van der Waals surface area contributed by atoms with Crippen molar-refractivity contribution >= 4 is 46.5 Å². The number of nitrogens with zero attached hydrogens (tertiary/aromatic N) is 3. The van der Waals surface area contributed by atoms with Gasteiger partial charge in [0.1, 0.15) is 17.3 Å². The van der Waals surface area contributed by atoms with Crippen molar-refractivity contribution in [2.24, 2.45) is 5.73 Å². The molecular weight excluding hydrogens is 476 g/mol. The Hall–Kier alpha value is -1.20. The summed E-state index contributed by atoms with van der Waals surface area (Å²) in [5, 5.41) is -0.356. The van der Waals surface area contributed by atoms with Gasteiger partial charge in [-0.2, -0.15) is 0 Å². The Kier molecular flexibility index (Phi) is 5.97. The Balaban J connectivity index is 1.75. The Labute approximate surface area is 201 Å². The molecule has 0 aliphatic carbocycles. The van der Waals surface area contributed by atoms with E-state index in [0.717, 1.165) is 0 Å². The maximum atomic E-state index is 6.94. The number of H-pyrrole nitrogens is 1. The van der Waals surface area contributed by atoms with Crippen LogP contribution in [0.5, 0.6) is 0 Å². The number of nitrogen functional groups attached to an aromatic ring is 1. The largest absolute Gasteiger partial charge is 0.414 e. The molecule has 2 aromatic heterocycles. The summed E-state index contributed by atoms with van der Waals surface area (Å²) < 4.78 is 29.0. The lowest BCUT2D eigenvalue weighted by atomic mass is 10.1. The number of nitrogens with one attached hydrogen (secondary N) is 1. The van der Waals surface area contributed by atoms with Crippen LogP contribution in [0.4, 0.5) is 5.95 Å². The van der Waals surface area contributed by atoms with Crippen molar-refractivity contribution in [1.82, 2.24) is 19.5 Å². The molecule has 6 atom stereocenters. The van der Waals surface area contributed by atoms with Crippen molar-refractivity contribution in [3.05, 3.63) is 11.0 Å². The zero-order valence-corrected chi connectivity index (χ0v) is 23.4. The van der Waals surface area contributed by atoms with Crippen LogP contribution in [-0.2, 0) is 17.7 Å². The molecule has 33 heavy (non-hydrogen) atoms. The molecule has 2 saturated heterocycles. The number of fused-ring (bicyclic) bond motifs is 2. The van der Waals surface area contributed by atoms with Crippen molar-refractivity contribution in [2.45, 2.75) is 89.2 Å². The van der Waals surface area contributed by atoms with Gasteiger partial charge in [-0.3, -0.25) is 4.57 Å². The lowest BCUT2D eigenvalue weighted by Gasteiger charge is -2.51. The van der Waals surface area contributed by atoms with Crippen LogP contribution in [0.25, 0.3) is 11.2 Å². The molecule has 0 saturated carbocycles. The van der Waals surface area contributed by atoms with Crippen molar-refractivity contribution in [3.8, 4) is 0 Å². The minimum atomic E-state index is -2.78. The summed E-state index contributed by atoms with van der Waals surface area (Å²) >= 11 is 5.32. The van der Waals surface area contributed by atoms with Gasteiger partial charge in [-0.05, 0) is 13.1 Å². The second-order valence-electron chi connectivity index (χ2n) is 11.3. The van der Waals surface area contributed by atoms with Crippen LogP contribution in [0.2, 0.25) is 23.2 Å². The lowest BCUT2D eigenvalue weighted by molar-refractivity contribution is -0.0542. The van der Waals surface area contributed by atoms with E-state index in [9.17, 15) is 0 Å². The molecule has 0 radical (unpaired) electrons. The number of aromatic nitrogens is 4. The van der Waals surface area contributed by atoms with Crippen LogP contribution in [0.3, 0.4) is 0 Å². The van der Waals surface area contributed by atoms with Crippen molar-refractivity contribution in [2.75, 3.05) is 12.3 Å². The second-order valence-corrected chi connectivity index (χ2v) is 19.8. The van der Waals surface area contributed by atoms with Gasteiger partial charge in [-0.25, -0.2) is 9.97 Å². The maximum Gasteiger partial charge on any atom is 0.332 e. The van der Waals surface area contributed by atoms with Gasteiger partial charge in [-0.15, -0.1) is 0 Å². The first-order chi connectivity index (χ1) is 15.1.